The van der Waals surface area contributed by atoms with Gasteiger partial charge in [-0.15, -0.1) is 40.9 Å². The second-order valence-corrected chi connectivity index (χ2v) is 25.8. The maximum atomic E-state index is 12.2. The van der Waals surface area contributed by atoms with Crippen LogP contribution in [0, 0.1) is 12.3 Å². The van der Waals surface area contributed by atoms with Crippen molar-refractivity contribution in [2.75, 3.05) is 38.8 Å². The predicted octanol–water partition coefficient (Wildman–Crippen LogP) is 16.9. The van der Waals surface area contributed by atoms with E-state index in [1.807, 2.05) is 56.3 Å². The minimum Gasteiger partial charge on any atom is -0.507 e. The fraction of sp³-hybridized carbons (Fsp3) is 0.177. The summed E-state index contributed by atoms with van der Waals surface area (Å²) in [6, 6.07) is 28.1. The smallest absolute Gasteiger partial charge is 0.321 e. The lowest BCUT2D eigenvalue weighted by Crippen LogP contribution is -2.27. The minimum absolute atomic E-state index is 0.0186. The lowest BCUT2D eigenvalue weighted by atomic mass is 10.1. The summed E-state index contributed by atoms with van der Waals surface area (Å²) in [5, 5.41) is 90.2. The Morgan fingerprint density at radius 1 is 0.561 bits per heavy atom. The number of benzene rings is 4. The monoisotopic (exact) mass is 1440 g/mol. The zero-order valence-corrected chi connectivity index (χ0v) is 57.9. The molecule has 0 aliphatic heterocycles. The van der Waals surface area contributed by atoms with E-state index < -0.39 is 10.0 Å². The van der Waals surface area contributed by atoms with Crippen molar-refractivity contribution in [2.45, 2.75) is 51.9 Å². The number of fused-ring (bicyclic) bond motifs is 4. The molecule has 0 aliphatic carbocycles. The fourth-order valence-electron chi connectivity index (χ4n) is 8.21. The van der Waals surface area contributed by atoms with Crippen LogP contribution in [-0.4, -0.2) is 122 Å². The van der Waals surface area contributed by atoms with Gasteiger partial charge in [-0.2, -0.15) is 17.5 Å². The number of sulfonamides is 1. The Morgan fingerprint density at radius 3 is 1.42 bits per heavy atom. The van der Waals surface area contributed by atoms with Crippen LogP contribution in [0.25, 0.3) is 44.1 Å². The number of nitrogens with zero attached hydrogens (tertiary/aromatic N) is 18. The number of aryl methyl sites for hydroxylation is 2. The van der Waals surface area contributed by atoms with Crippen LogP contribution >= 0.6 is 57.7 Å². The van der Waals surface area contributed by atoms with Gasteiger partial charge in [-0.05, 0) is 180 Å². The van der Waals surface area contributed by atoms with Gasteiger partial charge in [0.1, 0.15) is 27.9 Å². The number of phenols is 4. The second-order valence-electron chi connectivity index (χ2n) is 20.3. The van der Waals surface area contributed by atoms with Gasteiger partial charge in [0.15, 0.2) is 42.6 Å². The van der Waals surface area contributed by atoms with Crippen LogP contribution < -0.4 is 10.6 Å². The summed E-state index contributed by atoms with van der Waals surface area (Å²) in [5.74, 6) is -0.441. The van der Waals surface area contributed by atoms with Crippen molar-refractivity contribution in [3.05, 3.63) is 150 Å². The van der Waals surface area contributed by atoms with Crippen LogP contribution in [0.5, 0.6) is 23.0 Å². The molecule has 30 nitrogen and oxygen atoms in total. The normalized spacial score (nSPS) is 11.3. The highest BCUT2D eigenvalue weighted by atomic mass is 35.5. The van der Waals surface area contributed by atoms with E-state index in [9.17, 15) is 38.4 Å². The van der Waals surface area contributed by atoms with Crippen LogP contribution in [0.1, 0.15) is 43.9 Å². The van der Waals surface area contributed by atoms with Gasteiger partial charge in [0.2, 0.25) is 22.0 Å². The van der Waals surface area contributed by atoms with E-state index in [-0.39, 0.29) is 45.5 Å². The molecule has 12 aromatic rings. The molecule has 0 radical (unpaired) electrons. The summed E-state index contributed by atoms with van der Waals surface area (Å²) >= 11 is 11.0. The summed E-state index contributed by atoms with van der Waals surface area (Å²) in [6.07, 6.45) is 9.10. The second kappa shape index (κ2) is 34.1. The van der Waals surface area contributed by atoms with Crippen molar-refractivity contribution in [3.8, 4) is 23.0 Å². The number of halogens is 1. The number of hydrogen-bond donors (Lipinski definition) is 7. The topological polar surface area (TPSA) is 423 Å². The molecule has 98 heavy (non-hydrogen) atoms. The SMILES string of the molecule is CCC(=O)Nc1cc(N=Nc2snc3ncccc23)c(CC)cc1O.CCc1c(N=Nc2snc3ncccc23)cc(C)c(O)c1Cl.CN(C)C(=O)Nc1cc(N=Nc2snc3ncccc23)ccc1O.CN(C)S(=O)(=O)c1cc(N=Nc2snc3ncccc23)ccc1O.N=C=O. The molecule has 8 aromatic heterocycles. The van der Waals surface area contributed by atoms with E-state index in [4.69, 9.17) is 21.8 Å². The van der Waals surface area contributed by atoms with Gasteiger partial charge in [-0.3, -0.25) is 4.79 Å². The molecule has 36 heteroatoms. The molecule has 0 saturated heterocycles. The van der Waals surface area contributed by atoms with Crippen molar-refractivity contribution >= 4 is 184 Å². The lowest BCUT2D eigenvalue weighted by molar-refractivity contribution is -0.115. The van der Waals surface area contributed by atoms with Crippen LogP contribution in [0.4, 0.5) is 58.9 Å². The summed E-state index contributed by atoms with van der Waals surface area (Å²) in [5.41, 5.74) is 7.44. The van der Waals surface area contributed by atoms with E-state index in [2.05, 4.69) is 89.0 Å². The third kappa shape index (κ3) is 18.3. The third-order valence-electron chi connectivity index (χ3n) is 13.3. The number of aromatic nitrogens is 8. The van der Waals surface area contributed by atoms with Gasteiger partial charge in [0.05, 0.1) is 60.7 Å². The number of hydrogen-bond acceptors (Lipinski definition) is 30. The van der Waals surface area contributed by atoms with E-state index in [1.165, 1.54) is 77.9 Å². The molecule has 0 aliphatic rings. The molecule has 7 N–H and O–H groups in total. The van der Waals surface area contributed by atoms with E-state index in [1.54, 1.807) is 89.1 Å². The molecule has 0 saturated carbocycles. The highest BCUT2D eigenvalue weighted by Crippen LogP contribution is 2.41. The molecular formula is C62H58ClN21O9S5. The van der Waals surface area contributed by atoms with Gasteiger partial charge in [-0.25, -0.2) is 47.7 Å². The first-order chi connectivity index (χ1) is 47.1. The lowest BCUT2D eigenvalue weighted by Gasteiger charge is -2.13. The highest BCUT2D eigenvalue weighted by molar-refractivity contribution is 7.89. The number of nitrogens with one attached hydrogen (secondary N) is 3. The summed E-state index contributed by atoms with van der Waals surface area (Å²) in [4.78, 5) is 49.4. The summed E-state index contributed by atoms with van der Waals surface area (Å²) in [6.45, 7) is 7.45. The Labute approximate surface area is 579 Å². The Balaban J connectivity index is 0.000000164. The van der Waals surface area contributed by atoms with Crippen molar-refractivity contribution in [2.24, 2.45) is 40.9 Å². The number of carbonyl (C=O) groups is 2. The number of amides is 3. The van der Waals surface area contributed by atoms with Crippen molar-refractivity contribution in [1.82, 2.24) is 46.6 Å². The number of pyridine rings is 4. The molecule has 8 heterocycles. The number of rotatable bonds is 15. The molecule has 4 aromatic carbocycles. The van der Waals surface area contributed by atoms with Crippen molar-refractivity contribution in [3.63, 3.8) is 0 Å². The summed E-state index contributed by atoms with van der Waals surface area (Å²) < 4.78 is 42.2. The van der Waals surface area contributed by atoms with E-state index in [0.717, 1.165) is 54.6 Å². The van der Waals surface area contributed by atoms with Gasteiger partial charge >= 0.3 is 6.03 Å². The maximum Gasteiger partial charge on any atom is 0.321 e. The predicted molar refractivity (Wildman–Crippen MR) is 378 cm³/mol. The quantitative estimate of drug-likeness (QED) is 0.0217. The molecule has 0 unspecified atom stereocenters. The van der Waals surface area contributed by atoms with Gasteiger partial charge in [0, 0.05) is 65.0 Å². The summed E-state index contributed by atoms with van der Waals surface area (Å²) in [7, 11) is 2.22. The first-order valence-electron chi connectivity index (χ1n) is 28.8. The Morgan fingerprint density at radius 2 is 0.990 bits per heavy atom. The molecule has 502 valence electrons. The molecule has 0 fully saturated rings. The molecule has 12 rings (SSSR count). The van der Waals surface area contributed by atoms with Gasteiger partial charge in [0.25, 0.3) is 0 Å². The molecule has 0 atom stereocenters. The molecular weight excluding hydrogens is 1380 g/mol. The molecule has 0 spiro atoms. The first-order valence-corrected chi connectivity index (χ1v) is 33.8. The zero-order chi connectivity index (χ0) is 70.6. The Kier molecular flexibility index (Phi) is 25.3. The average Bonchev–Trinajstić information content (AvgIpc) is 1.13. The number of phenolic OH excluding ortho intramolecular Hbond substituents is 4. The number of anilines is 2. The highest BCUT2D eigenvalue weighted by Gasteiger charge is 2.23. The standard InChI is InChI=1S/C17H17N5O2S.C15H13ClN4OS.C15H14N6O2S.C14H13N5O3S2.CHNO/c1-3-10-8-14(23)13(19-15(24)4-2)9-12(10)20-21-17-11-6-5-7-18-16(11)22-25-17;1-3-9-11(7-8(2)13(21)12(9)16)18-19-15-10-5-4-6-17-14(10)20-22-15;1-21(2)15(23)17-11-8-9(5-6-12(11)22)18-19-14-10-4-3-7-16-13(10)20-24-14;1-19(2)24(21,22)12-8-9(5-6-11(12)20)16-17-14-10-4-3-7-15-13(10)18-23-14;2-1-3/h5-9,23H,3-4H2,1-2H3,(H,19,24);4-7,21H,3H2,1-2H3;3-8,22H,1-2H3,(H,17,23);3-8,20H,1-2H3;2H. The minimum atomic E-state index is -3.77. The van der Waals surface area contributed by atoms with Crippen LogP contribution in [-0.2, 0) is 32.5 Å². The van der Waals surface area contributed by atoms with Gasteiger partial charge in [-0.1, -0.05) is 32.4 Å². The first kappa shape index (κ1) is 72.8. The van der Waals surface area contributed by atoms with E-state index >= 15 is 0 Å². The number of aromatic hydroxyl groups is 4. The van der Waals surface area contributed by atoms with Gasteiger partial charge < -0.3 is 36.0 Å². The Bertz CT molecular complexity index is 5130. The van der Waals surface area contributed by atoms with Crippen LogP contribution in [0.2, 0.25) is 5.02 Å². The van der Waals surface area contributed by atoms with E-state index in [0.29, 0.717) is 101 Å². The van der Waals surface area contributed by atoms with Crippen LogP contribution in [0.15, 0.2) is 174 Å². The molecule has 3 amide bonds. The number of urea groups is 1. The van der Waals surface area contributed by atoms with Crippen LogP contribution in [0.3, 0.4) is 0 Å². The number of azo groups is 4. The maximum absolute atomic E-state index is 12.2. The number of carbonyl (C=O) groups excluding carboxylic acids is 3. The largest absolute Gasteiger partial charge is 0.507 e. The van der Waals surface area contributed by atoms with Crippen molar-refractivity contribution in [1.29, 1.82) is 5.41 Å². The number of isocyanates is 1. The fourth-order valence-corrected chi connectivity index (χ4v) is 12.2. The Hall–Kier alpha value is -11.0. The average molecular weight is 1440 g/mol. The molecule has 0 bridgehead atoms. The zero-order valence-electron chi connectivity index (χ0n) is 53.0. The van der Waals surface area contributed by atoms with Crippen molar-refractivity contribution < 1.29 is 43.2 Å². The third-order valence-corrected chi connectivity index (χ3v) is 18.5.